The van der Waals surface area contributed by atoms with E-state index < -0.39 is 0 Å². The van der Waals surface area contributed by atoms with Gasteiger partial charge in [-0.2, -0.15) is 0 Å². The quantitative estimate of drug-likeness (QED) is 0.371. The van der Waals surface area contributed by atoms with Crippen molar-refractivity contribution in [1.82, 2.24) is 9.58 Å². The molecular weight excluding hydrogens is 502 g/mol. The Morgan fingerprint density at radius 3 is 2.50 bits per heavy atom. The predicted molar refractivity (Wildman–Crippen MR) is 152 cm³/mol. The summed E-state index contributed by atoms with van der Waals surface area (Å²) in [7, 11) is 0. The minimum atomic E-state index is -0.305. The van der Waals surface area contributed by atoms with Gasteiger partial charge < -0.3 is 14.4 Å². The molecule has 0 radical (unpaired) electrons. The molecule has 0 spiro atoms. The first-order chi connectivity index (χ1) is 19.5. The Morgan fingerprint density at radius 2 is 1.68 bits per heavy atom. The Labute approximate surface area is 233 Å². The van der Waals surface area contributed by atoms with Crippen molar-refractivity contribution in [2.45, 2.75) is 39.0 Å². The lowest BCUT2D eigenvalue weighted by molar-refractivity contribution is 0.0654. The molecule has 4 aromatic rings. The van der Waals surface area contributed by atoms with Gasteiger partial charge in [0, 0.05) is 30.3 Å². The molecule has 1 saturated carbocycles. The van der Waals surface area contributed by atoms with Gasteiger partial charge in [0.1, 0.15) is 31.2 Å². The number of rotatable bonds is 4. The fraction of sp³-hybridized carbons (Fsp3) is 0.273. The second-order valence-electron chi connectivity index (χ2n) is 11.0. The Bertz CT molecular complexity index is 1660. The van der Waals surface area contributed by atoms with Crippen molar-refractivity contribution < 1.29 is 14.3 Å². The zero-order valence-electron chi connectivity index (χ0n) is 22.6. The zero-order chi connectivity index (χ0) is 27.4. The molecule has 40 heavy (non-hydrogen) atoms. The lowest BCUT2D eigenvalue weighted by Crippen LogP contribution is -2.56. The summed E-state index contributed by atoms with van der Waals surface area (Å²) in [6.45, 7) is 5.35. The Kier molecular flexibility index (Phi) is 5.88. The highest BCUT2D eigenvalue weighted by Crippen LogP contribution is 2.45. The fourth-order valence-corrected chi connectivity index (χ4v) is 6.06. The number of hydrogen-bond donors (Lipinski definition) is 0. The van der Waals surface area contributed by atoms with Crippen molar-refractivity contribution in [3.63, 3.8) is 0 Å². The Hall–Kier alpha value is -4.52. The van der Waals surface area contributed by atoms with Crippen LogP contribution in [-0.2, 0) is 6.61 Å². The monoisotopic (exact) mass is 533 g/mol. The second kappa shape index (κ2) is 9.59. The molecule has 2 aliphatic heterocycles. The van der Waals surface area contributed by atoms with Crippen LogP contribution in [0.15, 0.2) is 89.9 Å². The SMILES string of the molecule is Cc1ccccc1C1c2c(C)cccc2OC2CC2CN2CN1n1ccc(=O)c(OCc3ccccc3)c1C2=O. The van der Waals surface area contributed by atoms with E-state index in [0.29, 0.717) is 13.2 Å². The maximum Gasteiger partial charge on any atom is 0.277 e. The minimum Gasteiger partial charge on any atom is -0.490 e. The predicted octanol–water partition coefficient (Wildman–Crippen LogP) is 4.97. The van der Waals surface area contributed by atoms with E-state index >= 15 is 0 Å². The van der Waals surface area contributed by atoms with Gasteiger partial charge in [-0.15, -0.1) is 0 Å². The molecule has 202 valence electrons. The van der Waals surface area contributed by atoms with Crippen LogP contribution in [-0.4, -0.2) is 34.8 Å². The lowest BCUT2D eigenvalue weighted by Gasteiger charge is -2.45. The van der Waals surface area contributed by atoms with Crippen LogP contribution in [0.5, 0.6) is 11.5 Å². The average molecular weight is 534 g/mol. The van der Waals surface area contributed by atoms with E-state index in [9.17, 15) is 9.59 Å². The number of hydrogen-bond acceptors (Lipinski definition) is 5. The molecule has 2 bridgehead atoms. The summed E-state index contributed by atoms with van der Waals surface area (Å²) >= 11 is 0. The number of aromatic nitrogens is 1. The summed E-state index contributed by atoms with van der Waals surface area (Å²) in [4.78, 5) is 29.2. The Balaban J connectivity index is 1.44. The van der Waals surface area contributed by atoms with Crippen molar-refractivity contribution in [3.8, 4) is 11.5 Å². The number of carbonyl (C=O) groups is 1. The van der Waals surface area contributed by atoms with Gasteiger partial charge in [0.25, 0.3) is 5.91 Å². The van der Waals surface area contributed by atoms with Gasteiger partial charge >= 0.3 is 0 Å². The van der Waals surface area contributed by atoms with E-state index in [0.717, 1.165) is 40.0 Å². The van der Waals surface area contributed by atoms with E-state index in [1.54, 1.807) is 6.20 Å². The summed E-state index contributed by atoms with van der Waals surface area (Å²) in [6.07, 6.45) is 2.66. The van der Waals surface area contributed by atoms with E-state index in [4.69, 9.17) is 9.47 Å². The minimum absolute atomic E-state index is 0.0612. The normalized spacial score (nSPS) is 21.1. The van der Waals surface area contributed by atoms with Crippen LogP contribution in [0.25, 0.3) is 0 Å². The van der Waals surface area contributed by atoms with Crippen molar-refractivity contribution in [2.75, 3.05) is 18.2 Å². The molecular formula is C33H31N3O4. The van der Waals surface area contributed by atoms with Crippen LogP contribution >= 0.6 is 0 Å². The van der Waals surface area contributed by atoms with E-state index in [1.807, 2.05) is 58.1 Å². The summed E-state index contributed by atoms with van der Waals surface area (Å²) in [6, 6.07) is 25.4. The standard InChI is InChI=1S/C33H31N3O4/c1-21-9-6-7-13-25(21)30-29-22(2)10-8-14-27(29)40-28-17-24(28)18-34-20-36(30)35-16-15-26(37)32(31(35)33(34)38)39-19-23-11-4-3-5-12-23/h3-16,24,28,30H,17-20H2,1-2H3. The van der Waals surface area contributed by atoms with Crippen LogP contribution in [0.4, 0.5) is 0 Å². The Morgan fingerprint density at radius 1 is 0.900 bits per heavy atom. The number of benzene rings is 3. The molecule has 7 heteroatoms. The number of fused-ring (bicyclic) bond motifs is 6. The number of amides is 1. The highest BCUT2D eigenvalue weighted by Gasteiger charge is 2.47. The highest BCUT2D eigenvalue weighted by molar-refractivity contribution is 5.96. The first-order valence-corrected chi connectivity index (χ1v) is 13.8. The molecule has 3 aliphatic rings. The number of ether oxygens (including phenoxy) is 2. The molecule has 1 aliphatic carbocycles. The summed E-state index contributed by atoms with van der Waals surface area (Å²) in [5, 5.41) is 2.17. The van der Waals surface area contributed by atoms with Crippen LogP contribution < -0.4 is 19.9 Å². The molecule has 1 amide bonds. The van der Waals surface area contributed by atoms with Gasteiger partial charge in [-0.05, 0) is 48.6 Å². The topological polar surface area (TPSA) is 64.0 Å². The number of aryl methyl sites for hydroxylation is 2. The molecule has 3 aromatic carbocycles. The summed E-state index contributed by atoms with van der Waals surface area (Å²) in [5.74, 6) is 0.996. The lowest BCUT2D eigenvalue weighted by atomic mass is 9.90. The van der Waals surface area contributed by atoms with Gasteiger partial charge in [0.15, 0.2) is 11.4 Å². The first kappa shape index (κ1) is 24.5. The molecule has 3 unspecified atom stereocenters. The second-order valence-corrected chi connectivity index (χ2v) is 11.0. The van der Waals surface area contributed by atoms with Crippen LogP contribution in [0, 0.1) is 19.8 Å². The fourth-order valence-electron chi connectivity index (χ4n) is 6.06. The van der Waals surface area contributed by atoms with Gasteiger partial charge in [0.05, 0.1) is 0 Å². The molecule has 1 fully saturated rings. The summed E-state index contributed by atoms with van der Waals surface area (Å²) < 4.78 is 14.6. The third-order valence-electron chi connectivity index (χ3n) is 8.27. The van der Waals surface area contributed by atoms with Crippen molar-refractivity contribution in [2.24, 2.45) is 5.92 Å². The van der Waals surface area contributed by atoms with Gasteiger partial charge in [-0.25, -0.2) is 0 Å². The molecule has 3 heterocycles. The molecule has 3 atom stereocenters. The van der Waals surface area contributed by atoms with E-state index in [2.05, 4.69) is 43.1 Å². The first-order valence-electron chi connectivity index (χ1n) is 13.8. The average Bonchev–Trinajstić information content (AvgIpc) is 3.70. The maximum absolute atomic E-state index is 14.1. The molecule has 7 rings (SSSR count). The number of pyridine rings is 1. The maximum atomic E-state index is 14.1. The van der Waals surface area contributed by atoms with Gasteiger partial charge in [-0.3, -0.25) is 19.3 Å². The molecule has 1 aromatic heterocycles. The number of nitrogens with zero attached hydrogens (tertiary/aromatic N) is 3. The van der Waals surface area contributed by atoms with Crippen LogP contribution in [0.2, 0.25) is 0 Å². The van der Waals surface area contributed by atoms with Crippen LogP contribution in [0.3, 0.4) is 0 Å². The molecule has 0 N–H and O–H groups in total. The van der Waals surface area contributed by atoms with Crippen molar-refractivity contribution in [3.05, 3.63) is 129 Å². The smallest absolute Gasteiger partial charge is 0.277 e. The molecule has 7 nitrogen and oxygen atoms in total. The number of carbonyl (C=O) groups excluding carboxylic acids is 1. The largest absolute Gasteiger partial charge is 0.490 e. The van der Waals surface area contributed by atoms with Gasteiger partial charge in [0.2, 0.25) is 5.43 Å². The van der Waals surface area contributed by atoms with Crippen molar-refractivity contribution in [1.29, 1.82) is 0 Å². The highest BCUT2D eigenvalue weighted by atomic mass is 16.5. The van der Waals surface area contributed by atoms with E-state index in [-0.39, 0.29) is 47.5 Å². The van der Waals surface area contributed by atoms with Crippen molar-refractivity contribution >= 4 is 5.91 Å². The third-order valence-corrected chi connectivity index (χ3v) is 8.27. The van der Waals surface area contributed by atoms with Crippen LogP contribution in [0.1, 0.15) is 50.8 Å². The zero-order valence-corrected chi connectivity index (χ0v) is 22.6. The van der Waals surface area contributed by atoms with E-state index in [1.165, 1.54) is 6.07 Å². The summed E-state index contributed by atoms with van der Waals surface area (Å²) in [5.41, 5.74) is 5.31. The third kappa shape index (κ3) is 4.13. The molecule has 0 saturated heterocycles. The van der Waals surface area contributed by atoms with Gasteiger partial charge in [-0.1, -0.05) is 66.7 Å².